The van der Waals surface area contributed by atoms with Gasteiger partial charge in [-0.05, 0) is 30.9 Å². The van der Waals surface area contributed by atoms with Gasteiger partial charge >= 0.3 is 0 Å². The van der Waals surface area contributed by atoms with Gasteiger partial charge in [0.15, 0.2) is 0 Å². The average Bonchev–Trinajstić information content (AvgIpc) is 3.12. The molecule has 1 unspecified atom stereocenters. The normalized spacial score (nSPS) is 16.6. The minimum Gasteiger partial charge on any atom is -0.385 e. The maximum Gasteiger partial charge on any atom is 0.143 e. The van der Waals surface area contributed by atoms with Crippen LogP contribution in [0, 0.1) is 17.2 Å². The average molecular weight is 347 g/mol. The predicted molar refractivity (Wildman–Crippen MR) is 99.6 cm³/mol. The monoisotopic (exact) mass is 347 g/mol. The molecule has 1 N–H and O–H groups in total. The van der Waals surface area contributed by atoms with Crippen molar-refractivity contribution in [1.29, 1.82) is 5.26 Å². The number of rotatable bonds is 3. The van der Waals surface area contributed by atoms with E-state index in [9.17, 15) is 10.4 Å². The van der Waals surface area contributed by atoms with Crippen molar-refractivity contribution in [1.82, 2.24) is 14.5 Å². The summed E-state index contributed by atoms with van der Waals surface area (Å²) in [4.78, 5) is 11.0. The molecule has 6 heteroatoms. The number of hydrogen-bond acceptors (Lipinski definition) is 5. The van der Waals surface area contributed by atoms with E-state index < -0.39 is 6.10 Å². The van der Waals surface area contributed by atoms with E-state index in [0.29, 0.717) is 5.69 Å². The number of aryl methyl sites for hydroxylation is 1. The van der Waals surface area contributed by atoms with Gasteiger partial charge in [0.25, 0.3) is 0 Å². The molecule has 1 aliphatic rings. The first-order valence-corrected chi connectivity index (χ1v) is 8.87. The number of nitriles is 1. The van der Waals surface area contributed by atoms with E-state index in [1.165, 1.54) is 0 Å². The lowest BCUT2D eigenvalue weighted by Crippen LogP contribution is -2.36. The van der Waals surface area contributed by atoms with Crippen LogP contribution in [0.2, 0.25) is 0 Å². The van der Waals surface area contributed by atoms with Crippen molar-refractivity contribution in [2.45, 2.75) is 18.9 Å². The highest BCUT2D eigenvalue weighted by molar-refractivity contribution is 5.92. The Morgan fingerprint density at radius 1 is 1.27 bits per heavy atom. The summed E-state index contributed by atoms with van der Waals surface area (Å²) >= 11 is 0. The zero-order valence-corrected chi connectivity index (χ0v) is 14.7. The molecule has 26 heavy (non-hydrogen) atoms. The van der Waals surface area contributed by atoms with Crippen LogP contribution in [0.15, 0.2) is 42.7 Å². The van der Waals surface area contributed by atoms with Crippen LogP contribution in [0.25, 0.3) is 10.9 Å². The molecule has 0 spiro atoms. The van der Waals surface area contributed by atoms with Crippen molar-refractivity contribution in [3.05, 3.63) is 54.2 Å². The zero-order valence-electron chi connectivity index (χ0n) is 14.7. The van der Waals surface area contributed by atoms with Crippen molar-refractivity contribution >= 4 is 16.6 Å². The van der Waals surface area contributed by atoms with Crippen LogP contribution < -0.4 is 4.90 Å². The van der Waals surface area contributed by atoms with Gasteiger partial charge in [0, 0.05) is 43.6 Å². The van der Waals surface area contributed by atoms with Crippen molar-refractivity contribution in [2.75, 3.05) is 18.0 Å². The van der Waals surface area contributed by atoms with E-state index >= 15 is 0 Å². The molecule has 6 nitrogen and oxygen atoms in total. The molecule has 1 aromatic carbocycles. The zero-order chi connectivity index (χ0) is 18.1. The highest BCUT2D eigenvalue weighted by atomic mass is 16.3. The Balaban J connectivity index is 1.56. The molecule has 1 aliphatic heterocycles. The molecule has 1 saturated heterocycles. The molecular formula is C20H21N5O. The van der Waals surface area contributed by atoms with Crippen LogP contribution >= 0.6 is 0 Å². The summed E-state index contributed by atoms with van der Waals surface area (Å²) < 4.78 is 1.88. The lowest BCUT2D eigenvalue weighted by Gasteiger charge is -2.36. The highest BCUT2D eigenvalue weighted by Gasteiger charge is 2.29. The van der Waals surface area contributed by atoms with Gasteiger partial charge in [-0.25, -0.2) is 9.97 Å². The summed E-state index contributed by atoms with van der Waals surface area (Å²) in [6.45, 7) is 1.68. The van der Waals surface area contributed by atoms with Crippen LogP contribution in [0.5, 0.6) is 0 Å². The van der Waals surface area contributed by atoms with Gasteiger partial charge in [-0.3, -0.25) is 0 Å². The second-order valence-corrected chi connectivity index (χ2v) is 6.82. The topological polar surface area (TPSA) is 78.0 Å². The molecule has 0 amide bonds. The molecule has 0 radical (unpaired) electrons. The van der Waals surface area contributed by atoms with E-state index in [0.717, 1.165) is 48.3 Å². The number of aliphatic hydroxyl groups excluding tert-OH is 1. The van der Waals surface area contributed by atoms with Gasteiger partial charge in [-0.15, -0.1) is 0 Å². The van der Waals surface area contributed by atoms with Gasteiger partial charge in [0.05, 0.1) is 5.52 Å². The second kappa shape index (κ2) is 6.77. The van der Waals surface area contributed by atoms with Crippen molar-refractivity contribution in [3.63, 3.8) is 0 Å². The number of aromatic nitrogens is 3. The van der Waals surface area contributed by atoms with Crippen molar-refractivity contribution < 1.29 is 5.11 Å². The number of benzene rings is 1. The van der Waals surface area contributed by atoms with Crippen LogP contribution in [-0.4, -0.2) is 32.7 Å². The molecule has 0 aliphatic carbocycles. The summed E-state index contributed by atoms with van der Waals surface area (Å²) in [6.07, 6.45) is 4.81. The smallest absolute Gasteiger partial charge is 0.143 e. The molecule has 2 aromatic heterocycles. The first kappa shape index (κ1) is 16.6. The number of hydrogen-bond donors (Lipinski definition) is 1. The lowest BCUT2D eigenvalue weighted by molar-refractivity contribution is 0.0825. The maximum absolute atomic E-state index is 10.7. The largest absolute Gasteiger partial charge is 0.385 e. The van der Waals surface area contributed by atoms with Crippen LogP contribution in [-0.2, 0) is 7.05 Å². The predicted octanol–water partition coefficient (Wildman–Crippen LogP) is 2.79. The fourth-order valence-electron chi connectivity index (χ4n) is 3.80. The molecule has 3 heterocycles. The Hall–Kier alpha value is -2.91. The highest BCUT2D eigenvalue weighted by Crippen LogP contribution is 2.34. The fourth-order valence-corrected chi connectivity index (χ4v) is 3.80. The van der Waals surface area contributed by atoms with Crippen molar-refractivity contribution in [2.24, 2.45) is 13.0 Å². The second-order valence-electron chi connectivity index (χ2n) is 6.82. The first-order valence-electron chi connectivity index (χ1n) is 8.87. The summed E-state index contributed by atoms with van der Waals surface area (Å²) in [7, 11) is 1.91. The lowest BCUT2D eigenvalue weighted by atomic mass is 9.90. The number of piperidine rings is 1. The van der Waals surface area contributed by atoms with Crippen molar-refractivity contribution in [3.8, 4) is 6.07 Å². The first-order chi connectivity index (χ1) is 12.7. The quantitative estimate of drug-likeness (QED) is 0.788. The molecule has 4 rings (SSSR count). The summed E-state index contributed by atoms with van der Waals surface area (Å²) in [6, 6.07) is 12.0. The Morgan fingerprint density at radius 2 is 2.04 bits per heavy atom. The number of pyridine rings is 1. The molecule has 0 saturated carbocycles. The number of imidazole rings is 1. The van der Waals surface area contributed by atoms with E-state index in [1.54, 1.807) is 6.20 Å². The molecule has 1 fully saturated rings. The standard InChI is InChI=1S/C20H21N5O/c1-24-11-8-22-20(24)19(26)14-6-9-25(10-7-14)18-12-15(13-21)23-17-5-3-2-4-16(17)18/h2-5,8,11-12,14,19,26H,6-7,9-10H2,1H3. The number of para-hydroxylation sites is 1. The molecular weight excluding hydrogens is 326 g/mol. The molecule has 3 aromatic rings. The fraction of sp³-hybridized carbons (Fsp3) is 0.350. The summed E-state index contributed by atoms with van der Waals surface area (Å²) in [5.74, 6) is 0.917. The van der Waals surface area contributed by atoms with E-state index in [2.05, 4.69) is 20.9 Å². The van der Waals surface area contributed by atoms with Gasteiger partial charge in [0.1, 0.15) is 23.7 Å². The van der Waals surface area contributed by atoms with E-state index in [1.807, 2.05) is 48.1 Å². The number of anilines is 1. The molecule has 0 bridgehead atoms. The van der Waals surface area contributed by atoms with E-state index in [-0.39, 0.29) is 5.92 Å². The molecule has 132 valence electrons. The third-order valence-electron chi connectivity index (χ3n) is 5.26. The number of aliphatic hydroxyl groups is 1. The summed E-state index contributed by atoms with van der Waals surface area (Å²) in [5, 5.41) is 21.0. The van der Waals surface area contributed by atoms with Crippen LogP contribution in [0.3, 0.4) is 0 Å². The molecule has 1 atom stereocenters. The van der Waals surface area contributed by atoms with Crippen LogP contribution in [0.1, 0.15) is 30.5 Å². The maximum atomic E-state index is 10.7. The SMILES string of the molecule is Cn1ccnc1C(O)C1CCN(c2cc(C#N)nc3ccccc23)CC1. The minimum absolute atomic E-state index is 0.191. The minimum atomic E-state index is -0.541. The third kappa shape index (κ3) is 2.91. The number of fused-ring (bicyclic) bond motifs is 1. The Kier molecular flexibility index (Phi) is 4.31. The van der Waals surface area contributed by atoms with Gasteiger partial charge in [0.2, 0.25) is 0 Å². The Bertz CT molecular complexity index is 966. The van der Waals surface area contributed by atoms with Crippen LogP contribution in [0.4, 0.5) is 5.69 Å². The Labute approximate surface area is 152 Å². The third-order valence-corrected chi connectivity index (χ3v) is 5.26. The van der Waals surface area contributed by atoms with E-state index in [4.69, 9.17) is 0 Å². The van der Waals surface area contributed by atoms with Gasteiger partial charge < -0.3 is 14.6 Å². The van der Waals surface area contributed by atoms with Gasteiger partial charge in [-0.2, -0.15) is 5.26 Å². The summed E-state index contributed by atoms with van der Waals surface area (Å²) in [5.41, 5.74) is 2.34. The Morgan fingerprint density at radius 3 is 2.73 bits per heavy atom. The number of nitrogens with zero attached hydrogens (tertiary/aromatic N) is 5. The van der Waals surface area contributed by atoms with Gasteiger partial charge in [-0.1, -0.05) is 18.2 Å².